The molecule has 0 saturated carbocycles. The third kappa shape index (κ3) is 2.08. The number of nitrogen functional groups attached to an aromatic ring is 1. The zero-order valence-corrected chi connectivity index (χ0v) is 9.94. The summed E-state index contributed by atoms with van der Waals surface area (Å²) >= 11 is 0. The summed E-state index contributed by atoms with van der Waals surface area (Å²) in [6, 6.07) is 8.01. The molecule has 0 spiro atoms. The Labute approximate surface area is 95.9 Å². The first-order valence-corrected chi connectivity index (χ1v) is 5.49. The highest BCUT2D eigenvalue weighted by molar-refractivity contribution is 5.50. The van der Waals surface area contributed by atoms with Crippen LogP contribution in [0.15, 0.2) is 30.5 Å². The normalized spacial score (nSPS) is 11.0. The Morgan fingerprint density at radius 1 is 1.25 bits per heavy atom. The molecule has 0 amide bonds. The number of nitrogens with two attached hydrogens (primary N) is 1. The van der Waals surface area contributed by atoms with E-state index in [1.165, 1.54) is 0 Å². The monoisotopic (exact) mass is 215 g/mol. The van der Waals surface area contributed by atoms with Crippen molar-refractivity contribution in [2.75, 3.05) is 5.73 Å². The summed E-state index contributed by atoms with van der Waals surface area (Å²) in [5, 5.41) is 4.52. The highest BCUT2D eigenvalue weighted by atomic mass is 15.3. The molecule has 2 aromatic rings. The van der Waals surface area contributed by atoms with Gasteiger partial charge in [-0.3, -0.25) is 0 Å². The molecule has 16 heavy (non-hydrogen) atoms. The largest absolute Gasteiger partial charge is 0.399 e. The maximum absolute atomic E-state index is 5.82. The van der Waals surface area contributed by atoms with Gasteiger partial charge < -0.3 is 5.73 Å². The minimum Gasteiger partial charge on any atom is -0.399 e. The van der Waals surface area contributed by atoms with Gasteiger partial charge in [0.1, 0.15) is 0 Å². The first-order valence-electron chi connectivity index (χ1n) is 5.49. The molecular weight excluding hydrogens is 198 g/mol. The third-order valence-electron chi connectivity index (χ3n) is 2.55. The second kappa shape index (κ2) is 4.00. The van der Waals surface area contributed by atoms with Crippen molar-refractivity contribution >= 4 is 5.69 Å². The Balaban J connectivity index is 2.42. The minimum atomic E-state index is 0.448. The van der Waals surface area contributed by atoms with Gasteiger partial charge in [-0.25, -0.2) is 4.68 Å². The van der Waals surface area contributed by atoms with Crippen molar-refractivity contribution in [1.82, 2.24) is 9.78 Å². The molecule has 0 atom stereocenters. The summed E-state index contributed by atoms with van der Waals surface area (Å²) in [4.78, 5) is 0. The fraction of sp³-hybridized carbons (Fsp3) is 0.308. The molecule has 0 unspecified atom stereocenters. The number of aryl methyl sites for hydroxylation is 1. The lowest BCUT2D eigenvalue weighted by molar-refractivity contribution is 0.768. The summed E-state index contributed by atoms with van der Waals surface area (Å²) < 4.78 is 1.87. The molecule has 0 aliphatic rings. The lowest BCUT2D eigenvalue weighted by atomic mass is 10.1. The molecule has 0 saturated heterocycles. The summed E-state index contributed by atoms with van der Waals surface area (Å²) in [6.45, 7) is 6.31. The van der Waals surface area contributed by atoms with Crippen molar-refractivity contribution in [2.24, 2.45) is 0 Å². The van der Waals surface area contributed by atoms with Crippen LogP contribution in [0, 0.1) is 6.92 Å². The quantitative estimate of drug-likeness (QED) is 0.783. The Hall–Kier alpha value is -1.77. The first kappa shape index (κ1) is 10.7. The Kier molecular flexibility index (Phi) is 2.69. The average Bonchev–Trinajstić information content (AvgIpc) is 2.64. The van der Waals surface area contributed by atoms with Gasteiger partial charge in [0.2, 0.25) is 0 Å². The van der Waals surface area contributed by atoms with Gasteiger partial charge in [0.15, 0.2) is 0 Å². The molecule has 0 bridgehead atoms. The number of rotatable bonds is 2. The SMILES string of the molecule is Cc1cc(N)cc(-n2ccc(C(C)C)n2)c1. The van der Waals surface area contributed by atoms with Crippen molar-refractivity contribution in [1.29, 1.82) is 0 Å². The number of benzene rings is 1. The van der Waals surface area contributed by atoms with E-state index in [2.05, 4.69) is 25.0 Å². The van der Waals surface area contributed by atoms with Crippen molar-refractivity contribution < 1.29 is 0 Å². The lowest BCUT2D eigenvalue weighted by Gasteiger charge is -2.05. The molecule has 3 nitrogen and oxygen atoms in total. The lowest BCUT2D eigenvalue weighted by Crippen LogP contribution is -1.99. The van der Waals surface area contributed by atoms with E-state index in [-0.39, 0.29) is 0 Å². The van der Waals surface area contributed by atoms with E-state index < -0.39 is 0 Å². The van der Waals surface area contributed by atoms with Crippen LogP contribution in [0.25, 0.3) is 5.69 Å². The summed E-state index contributed by atoms with van der Waals surface area (Å²) in [5.41, 5.74) is 9.86. The molecule has 2 rings (SSSR count). The van der Waals surface area contributed by atoms with Crippen LogP contribution in [0.5, 0.6) is 0 Å². The fourth-order valence-electron chi connectivity index (χ4n) is 1.71. The summed E-state index contributed by atoms with van der Waals surface area (Å²) in [7, 11) is 0. The summed E-state index contributed by atoms with van der Waals surface area (Å²) in [6.07, 6.45) is 1.98. The van der Waals surface area contributed by atoms with Crippen LogP contribution in [-0.4, -0.2) is 9.78 Å². The maximum atomic E-state index is 5.82. The molecule has 0 aliphatic carbocycles. The van der Waals surface area contributed by atoms with Gasteiger partial charge in [-0.2, -0.15) is 5.10 Å². The second-order valence-electron chi connectivity index (χ2n) is 4.44. The molecule has 0 aliphatic heterocycles. The zero-order chi connectivity index (χ0) is 11.7. The molecule has 84 valence electrons. The highest BCUT2D eigenvalue weighted by Crippen LogP contribution is 2.17. The van der Waals surface area contributed by atoms with Crippen LogP contribution >= 0.6 is 0 Å². The van der Waals surface area contributed by atoms with Crippen LogP contribution in [0.1, 0.15) is 31.0 Å². The Bertz CT molecular complexity index is 477. The van der Waals surface area contributed by atoms with E-state index in [9.17, 15) is 0 Å². The van der Waals surface area contributed by atoms with Crippen molar-refractivity contribution in [3.05, 3.63) is 41.7 Å². The van der Waals surface area contributed by atoms with Gasteiger partial charge in [-0.1, -0.05) is 13.8 Å². The van der Waals surface area contributed by atoms with Crippen molar-refractivity contribution in [3.8, 4) is 5.69 Å². The molecule has 2 N–H and O–H groups in total. The van der Waals surface area contributed by atoms with Crippen LogP contribution < -0.4 is 5.73 Å². The predicted molar refractivity (Wildman–Crippen MR) is 66.8 cm³/mol. The first-order chi connectivity index (χ1) is 7.56. The predicted octanol–water partition coefficient (Wildman–Crippen LogP) is 2.89. The number of anilines is 1. The van der Waals surface area contributed by atoms with Crippen LogP contribution in [-0.2, 0) is 0 Å². The highest BCUT2D eigenvalue weighted by Gasteiger charge is 2.05. The smallest absolute Gasteiger partial charge is 0.0668 e. The molecule has 1 heterocycles. The number of nitrogens with zero attached hydrogens (tertiary/aromatic N) is 2. The molecule has 1 aromatic carbocycles. The van der Waals surface area contributed by atoms with Crippen LogP contribution in [0.2, 0.25) is 0 Å². The van der Waals surface area contributed by atoms with Gasteiger partial charge in [-0.15, -0.1) is 0 Å². The molecular formula is C13H17N3. The minimum absolute atomic E-state index is 0.448. The van der Waals surface area contributed by atoms with E-state index in [1.807, 2.05) is 36.0 Å². The van der Waals surface area contributed by atoms with Crippen LogP contribution in [0.3, 0.4) is 0 Å². The van der Waals surface area contributed by atoms with Crippen molar-refractivity contribution in [2.45, 2.75) is 26.7 Å². The fourth-order valence-corrected chi connectivity index (χ4v) is 1.71. The van der Waals surface area contributed by atoms with E-state index in [1.54, 1.807) is 0 Å². The number of aromatic nitrogens is 2. The maximum Gasteiger partial charge on any atom is 0.0668 e. The molecule has 1 aromatic heterocycles. The average molecular weight is 215 g/mol. The topological polar surface area (TPSA) is 43.8 Å². The van der Waals surface area contributed by atoms with Crippen molar-refractivity contribution in [3.63, 3.8) is 0 Å². The molecule has 3 heteroatoms. The molecule has 0 radical (unpaired) electrons. The van der Waals surface area contributed by atoms with Gasteiger partial charge in [0.05, 0.1) is 11.4 Å². The van der Waals surface area contributed by atoms with Gasteiger partial charge in [0.25, 0.3) is 0 Å². The zero-order valence-electron chi connectivity index (χ0n) is 9.94. The Morgan fingerprint density at radius 2 is 2.00 bits per heavy atom. The van der Waals surface area contributed by atoms with E-state index in [0.29, 0.717) is 5.92 Å². The Morgan fingerprint density at radius 3 is 2.56 bits per heavy atom. The van der Waals surface area contributed by atoms with Gasteiger partial charge in [0, 0.05) is 11.9 Å². The summed E-state index contributed by atoms with van der Waals surface area (Å²) in [5.74, 6) is 0.448. The number of hydrogen-bond acceptors (Lipinski definition) is 2. The van der Waals surface area contributed by atoms with Crippen LogP contribution in [0.4, 0.5) is 5.69 Å². The van der Waals surface area contributed by atoms with E-state index in [0.717, 1.165) is 22.6 Å². The van der Waals surface area contributed by atoms with E-state index in [4.69, 9.17) is 5.73 Å². The number of hydrogen-bond donors (Lipinski definition) is 1. The van der Waals surface area contributed by atoms with E-state index >= 15 is 0 Å². The van der Waals surface area contributed by atoms with Gasteiger partial charge >= 0.3 is 0 Å². The second-order valence-corrected chi connectivity index (χ2v) is 4.44. The standard InChI is InChI=1S/C13H17N3/c1-9(2)13-4-5-16(15-13)12-7-10(3)6-11(14)8-12/h4-9H,14H2,1-3H3. The third-order valence-corrected chi connectivity index (χ3v) is 2.55. The van der Waals surface area contributed by atoms with Gasteiger partial charge in [-0.05, 0) is 42.7 Å². The molecule has 0 fully saturated rings.